The molecule has 0 aliphatic rings. The standard InChI is InChI=1S/C8H20NO3P/c1-5-8-9(4)13(10,11-6-2)12-7-3/h5-8H2,1-4H3. The van der Waals surface area contributed by atoms with E-state index in [9.17, 15) is 4.57 Å². The van der Waals surface area contributed by atoms with Crippen LogP contribution in [0.1, 0.15) is 27.2 Å². The molecule has 0 N–H and O–H groups in total. The number of nitrogens with zero attached hydrogens (tertiary/aromatic N) is 1. The summed E-state index contributed by atoms with van der Waals surface area (Å²) in [5.41, 5.74) is 0. The van der Waals surface area contributed by atoms with Gasteiger partial charge in [-0.15, -0.1) is 0 Å². The molecule has 0 fully saturated rings. The highest BCUT2D eigenvalue weighted by Gasteiger charge is 2.28. The van der Waals surface area contributed by atoms with Gasteiger partial charge in [-0.2, -0.15) is 0 Å². The minimum absolute atomic E-state index is 0.408. The molecule has 0 aromatic rings. The maximum Gasteiger partial charge on any atom is 0.407 e. The van der Waals surface area contributed by atoms with E-state index in [4.69, 9.17) is 9.05 Å². The third-order valence-corrected chi connectivity index (χ3v) is 3.76. The molecule has 0 aromatic carbocycles. The van der Waals surface area contributed by atoms with E-state index in [1.54, 1.807) is 11.7 Å². The minimum atomic E-state index is -2.99. The smallest absolute Gasteiger partial charge is 0.297 e. The van der Waals surface area contributed by atoms with Gasteiger partial charge in [0.05, 0.1) is 13.2 Å². The summed E-state index contributed by atoms with van der Waals surface area (Å²) in [5, 5.41) is 0. The number of rotatable bonds is 7. The molecule has 0 bridgehead atoms. The zero-order chi connectivity index (χ0) is 10.3. The Balaban J connectivity index is 4.28. The van der Waals surface area contributed by atoms with Crippen LogP contribution in [0.25, 0.3) is 0 Å². The van der Waals surface area contributed by atoms with E-state index in [2.05, 4.69) is 0 Å². The normalized spacial score (nSPS) is 12.4. The van der Waals surface area contributed by atoms with E-state index in [1.165, 1.54) is 0 Å². The second-order valence-corrected chi connectivity index (χ2v) is 4.82. The lowest BCUT2D eigenvalue weighted by Crippen LogP contribution is -2.19. The first-order chi connectivity index (χ1) is 6.10. The summed E-state index contributed by atoms with van der Waals surface area (Å²) in [6.45, 7) is 7.18. The number of hydrogen-bond donors (Lipinski definition) is 0. The van der Waals surface area contributed by atoms with Crippen molar-refractivity contribution in [2.75, 3.05) is 26.8 Å². The van der Waals surface area contributed by atoms with Crippen molar-refractivity contribution >= 4 is 7.75 Å². The molecule has 0 amide bonds. The molecule has 0 rings (SSSR count). The quantitative estimate of drug-likeness (QED) is 0.604. The summed E-state index contributed by atoms with van der Waals surface area (Å²) in [6.07, 6.45) is 0.931. The Kier molecular flexibility index (Phi) is 6.60. The molecule has 0 aromatic heterocycles. The van der Waals surface area contributed by atoms with Crippen molar-refractivity contribution in [2.45, 2.75) is 27.2 Å². The summed E-state index contributed by atoms with van der Waals surface area (Å²) in [6, 6.07) is 0. The topological polar surface area (TPSA) is 38.8 Å². The van der Waals surface area contributed by atoms with Gasteiger partial charge >= 0.3 is 7.75 Å². The zero-order valence-electron chi connectivity index (χ0n) is 8.95. The predicted octanol–water partition coefficient (Wildman–Crippen LogP) is 2.51. The molecule has 5 heteroatoms. The Morgan fingerprint density at radius 1 is 1.15 bits per heavy atom. The second kappa shape index (κ2) is 6.55. The van der Waals surface area contributed by atoms with Crippen LogP contribution >= 0.6 is 7.75 Å². The van der Waals surface area contributed by atoms with E-state index >= 15 is 0 Å². The highest BCUT2D eigenvalue weighted by molar-refractivity contribution is 7.51. The van der Waals surface area contributed by atoms with Crippen LogP contribution in [0.4, 0.5) is 0 Å². The van der Waals surface area contributed by atoms with Gasteiger partial charge in [0.1, 0.15) is 0 Å². The van der Waals surface area contributed by atoms with Crippen molar-refractivity contribution in [1.29, 1.82) is 0 Å². The van der Waals surface area contributed by atoms with Crippen LogP contribution in [-0.4, -0.2) is 31.5 Å². The molecule has 0 aliphatic heterocycles. The molecule has 0 saturated carbocycles. The third kappa shape index (κ3) is 4.23. The monoisotopic (exact) mass is 209 g/mol. The molecule has 0 saturated heterocycles. The van der Waals surface area contributed by atoms with Crippen molar-refractivity contribution in [3.05, 3.63) is 0 Å². The minimum Gasteiger partial charge on any atom is -0.297 e. The molecule has 13 heavy (non-hydrogen) atoms. The van der Waals surface area contributed by atoms with Crippen LogP contribution in [0.2, 0.25) is 0 Å². The zero-order valence-corrected chi connectivity index (χ0v) is 9.84. The van der Waals surface area contributed by atoms with E-state index in [-0.39, 0.29) is 0 Å². The molecule has 0 heterocycles. The van der Waals surface area contributed by atoms with Crippen LogP contribution in [0.15, 0.2) is 0 Å². The second-order valence-electron chi connectivity index (χ2n) is 2.69. The Morgan fingerprint density at radius 2 is 1.62 bits per heavy atom. The molecule has 0 aliphatic carbocycles. The van der Waals surface area contributed by atoms with Crippen LogP contribution in [0.5, 0.6) is 0 Å². The van der Waals surface area contributed by atoms with Gasteiger partial charge in [-0.05, 0) is 27.3 Å². The van der Waals surface area contributed by atoms with Crippen LogP contribution in [-0.2, 0) is 13.6 Å². The Hall–Kier alpha value is 0.110. The Morgan fingerprint density at radius 3 is 1.92 bits per heavy atom. The molecule has 0 atom stereocenters. The first kappa shape index (κ1) is 13.1. The fraction of sp³-hybridized carbons (Fsp3) is 1.00. The largest absolute Gasteiger partial charge is 0.407 e. The first-order valence-electron chi connectivity index (χ1n) is 4.71. The lowest BCUT2D eigenvalue weighted by atomic mass is 10.5. The fourth-order valence-electron chi connectivity index (χ4n) is 1.01. The fourth-order valence-corrected chi connectivity index (χ4v) is 2.57. The Bertz CT molecular complexity index is 165. The summed E-state index contributed by atoms with van der Waals surface area (Å²) in [5.74, 6) is 0. The molecule has 0 spiro atoms. The maximum atomic E-state index is 12.0. The molecule has 4 nitrogen and oxygen atoms in total. The van der Waals surface area contributed by atoms with E-state index in [1.807, 2.05) is 20.8 Å². The van der Waals surface area contributed by atoms with Crippen LogP contribution in [0.3, 0.4) is 0 Å². The van der Waals surface area contributed by atoms with Gasteiger partial charge in [0.2, 0.25) is 0 Å². The molecule has 80 valence electrons. The molecular weight excluding hydrogens is 189 g/mol. The van der Waals surface area contributed by atoms with Gasteiger partial charge in [-0.25, -0.2) is 9.24 Å². The van der Waals surface area contributed by atoms with Crippen LogP contribution < -0.4 is 0 Å². The lowest BCUT2D eigenvalue weighted by Gasteiger charge is -2.25. The number of hydrogen-bond acceptors (Lipinski definition) is 3. The van der Waals surface area contributed by atoms with Crippen molar-refractivity contribution < 1.29 is 13.6 Å². The van der Waals surface area contributed by atoms with E-state index < -0.39 is 7.75 Å². The summed E-state index contributed by atoms with van der Waals surface area (Å²) < 4.78 is 23.9. The average Bonchev–Trinajstić information content (AvgIpc) is 2.05. The van der Waals surface area contributed by atoms with Gasteiger partial charge in [-0.1, -0.05) is 6.92 Å². The highest BCUT2D eigenvalue weighted by Crippen LogP contribution is 2.50. The van der Waals surface area contributed by atoms with Gasteiger partial charge in [-0.3, -0.25) is 9.05 Å². The van der Waals surface area contributed by atoms with Gasteiger partial charge in [0.15, 0.2) is 0 Å². The van der Waals surface area contributed by atoms with Crippen molar-refractivity contribution in [3.63, 3.8) is 0 Å². The third-order valence-electron chi connectivity index (χ3n) is 1.55. The van der Waals surface area contributed by atoms with Gasteiger partial charge < -0.3 is 0 Å². The van der Waals surface area contributed by atoms with E-state index in [0.717, 1.165) is 13.0 Å². The van der Waals surface area contributed by atoms with Crippen molar-refractivity contribution in [3.8, 4) is 0 Å². The van der Waals surface area contributed by atoms with Crippen molar-refractivity contribution in [1.82, 2.24) is 4.67 Å². The molecule has 0 unspecified atom stereocenters. The molecule has 0 radical (unpaired) electrons. The molecular formula is C8H20NO3P. The first-order valence-corrected chi connectivity index (χ1v) is 6.21. The van der Waals surface area contributed by atoms with Crippen molar-refractivity contribution in [2.24, 2.45) is 0 Å². The highest BCUT2D eigenvalue weighted by atomic mass is 31.2. The Labute approximate surface area is 80.8 Å². The van der Waals surface area contributed by atoms with Gasteiger partial charge in [0.25, 0.3) is 0 Å². The maximum absolute atomic E-state index is 12.0. The summed E-state index contributed by atoms with van der Waals surface area (Å²) in [4.78, 5) is 0. The van der Waals surface area contributed by atoms with E-state index in [0.29, 0.717) is 13.2 Å². The average molecular weight is 209 g/mol. The summed E-state index contributed by atoms with van der Waals surface area (Å²) in [7, 11) is -1.23. The van der Waals surface area contributed by atoms with Crippen LogP contribution in [0, 0.1) is 0 Å². The predicted molar refractivity (Wildman–Crippen MR) is 53.8 cm³/mol. The lowest BCUT2D eigenvalue weighted by molar-refractivity contribution is 0.177. The summed E-state index contributed by atoms with van der Waals surface area (Å²) >= 11 is 0. The SMILES string of the molecule is CCCN(C)P(=O)(OCC)OCC. The van der Waals surface area contributed by atoms with Gasteiger partial charge in [0, 0.05) is 6.54 Å².